The van der Waals surface area contributed by atoms with Crippen LogP contribution in [0.5, 0.6) is 0 Å². The first-order valence-electron chi connectivity index (χ1n) is 8.53. The molecular formula is C20H20BrF2NO4. The van der Waals surface area contributed by atoms with Gasteiger partial charge < -0.3 is 19.7 Å². The molecule has 1 N–H and O–H groups in total. The Morgan fingerprint density at radius 2 is 1.82 bits per heavy atom. The fourth-order valence-corrected chi connectivity index (χ4v) is 2.90. The van der Waals surface area contributed by atoms with Crippen LogP contribution in [0.15, 0.2) is 53.0 Å². The molecule has 0 aliphatic heterocycles. The molecular weight excluding hydrogens is 436 g/mol. The van der Waals surface area contributed by atoms with Crippen LogP contribution in [0.3, 0.4) is 0 Å². The minimum Gasteiger partial charge on any atom is -0.632 e. The lowest BCUT2D eigenvalue weighted by molar-refractivity contribution is -0.894. The van der Waals surface area contributed by atoms with Crippen LogP contribution in [0.4, 0.5) is 8.78 Å². The summed E-state index contributed by atoms with van der Waals surface area (Å²) in [5.41, 5.74) is 1.09. The maximum absolute atomic E-state index is 13.4. The number of carbonyl (C=O) groups is 1. The van der Waals surface area contributed by atoms with Crippen molar-refractivity contribution in [3.63, 3.8) is 0 Å². The molecule has 8 heteroatoms. The monoisotopic (exact) mass is 455 g/mol. The van der Waals surface area contributed by atoms with E-state index in [0.29, 0.717) is 15.6 Å². The van der Waals surface area contributed by atoms with Crippen LogP contribution in [-0.2, 0) is 16.1 Å². The Labute approximate surface area is 170 Å². The number of benzene rings is 2. The van der Waals surface area contributed by atoms with Crippen LogP contribution >= 0.6 is 15.9 Å². The highest BCUT2D eigenvalue weighted by Crippen LogP contribution is 2.22. The Balaban J connectivity index is 1.92. The van der Waals surface area contributed by atoms with E-state index in [-0.39, 0.29) is 38.7 Å². The zero-order valence-electron chi connectivity index (χ0n) is 15.0. The van der Waals surface area contributed by atoms with E-state index in [0.717, 1.165) is 0 Å². The number of hydrogen-bond acceptors (Lipinski definition) is 4. The molecule has 0 amide bonds. The summed E-state index contributed by atoms with van der Waals surface area (Å²) >= 11 is 3.28. The van der Waals surface area contributed by atoms with Crippen molar-refractivity contribution in [3.8, 4) is 0 Å². The molecule has 0 aliphatic rings. The second-order valence-corrected chi connectivity index (χ2v) is 7.03. The molecule has 0 aliphatic carbocycles. The number of halogens is 3. The number of hydroxylamine groups is 3. The number of aliphatic hydroxyl groups is 1. The van der Waals surface area contributed by atoms with Gasteiger partial charge in [0.15, 0.2) is 0 Å². The zero-order valence-corrected chi connectivity index (χ0v) is 16.6. The Bertz CT molecular complexity index is 829. The van der Waals surface area contributed by atoms with Crippen molar-refractivity contribution >= 4 is 28.0 Å². The number of hydrogen-bond donors (Lipinski definition) is 1. The predicted octanol–water partition coefficient (Wildman–Crippen LogP) is 3.79. The maximum atomic E-state index is 13.4. The molecule has 1 atom stereocenters. The van der Waals surface area contributed by atoms with Crippen LogP contribution in [0.2, 0.25) is 0 Å². The Hall–Kier alpha value is -2.13. The summed E-state index contributed by atoms with van der Waals surface area (Å²) in [6, 6.07) is 9.60. The van der Waals surface area contributed by atoms with E-state index < -0.39 is 16.4 Å². The van der Waals surface area contributed by atoms with Crippen molar-refractivity contribution in [3.05, 3.63) is 81.0 Å². The largest absolute Gasteiger partial charge is 0.632 e. The fraction of sp³-hybridized carbons (Fsp3) is 0.250. The van der Waals surface area contributed by atoms with Gasteiger partial charge in [0.2, 0.25) is 0 Å². The number of carbonyl (C=O) groups excluding carboxylic acids is 1. The minimum atomic E-state index is -0.868. The lowest BCUT2D eigenvalue weighted by atomic mass is 10.2. The SMILES string of the molecule is O=C(/C=C/c1ccc(F)cc1)OCC[N@@+]([O-])(CCO)Cc1cc(F)ccc1Br. The van der Waals surface area contributed by atoms with Gasteiger partial charge in [-0.3, -0.25) is 0 Å². The van der Waals surface area contributed by atoms with Crippen LogP contribution in [0.25, 0.3) is 6.08 Å². The van der Waals surface area contributed by atoms with Crippen LogP contribution < -0.4 is 0 Å². The summed E-state index contributed by atoms with van der Waals surface area (Å²) in [5.74, 6) is -1.49. The normalized spacial score (nSPS) is 13.5. The van der Waals surface area contributed by atoms with Crippen molar-refractivity contribution in [1.82, 2.24) is 0 Å². The van der Waals surface area contributed by atoms with Gasteiger partial charge in [-0.05, 0) is 42.0 Å². The third kappa shape index (κ3) is 7.12. The highest BCUT2D eigenvalue weighted by molar-refractivity contribution is 9.10. The summed E-state index contributed by atoms with van der Waals surface area (Å²) in [6.07, 6.45) is 2.65. The third-order valence-electron chi connectivity index (χ3n) is 4.00. The van der Waals surface area contributed by atoms with Gasteiger partial charge in [-0.1, -0.05) is 28.1 Å². The number of aliphatic hydroxyl groups excluding tert-OH is 1. The molecule has 2 aromatic carbocycles. The first kappa shape index (κ1) is 22.2. The standard InChI is InChI=1S/C20H20BrF2NO4/c21-19-7-6-18(23)13-16(19)14-24(27,9-11-25)10-12-28-20(26)8-3-15-1-4-17(22)5-2-15/h1-8,13,25H,9-12,14H2/b8-3+/t24-/m0/s1. The molecule has 0 fully saturated rings. The Morgan fingerprint density at radius 3 is 2.50 bits per heavy atom. The molecule has 0 heterocycles. The van der Waals surface area contributed by atoms with Crippen molar-refractivity contribution in [2.45, 2.75) is 6.54 Å². The summed E-state index contributed by atoms with van der Waals surface area (Å²) in [4.78, 5) is 11.8. The number of nitrogens with zero attached hydrogens (tertiary/aromatic N) is 1. The molecule has 0 bridgehead atoms. The van der Waals surface area contributed by atoms with Crippen molar-refractivity contribution in [1.29, 1.82) is 0 Å². The number of ether oxygens (including phenoxy) is 1. The van der Waals surface area contributed by atoms with Crippen LogP contribution in [0, 0.1) is 16.8 Å². The van der Waals surface area contributed by atoms with Crippen molar-refractivity contribution < 1.29 is 28.1 Å². The van der Waals surface area contributed by atoms with Gasteiger partial charge in [0, 0.05) is 16.1 Å². The molecule has 150 valence electrons. The summed E-state index contributed by atoms with van der Waals surface area (Å²) in [5, 5.41) is 22.1. The molecule has 0 saturated carbocycles. The quantitative estimate of drug-likeness (QED) is 0.270. The van der Waals surface area contributed by atoms with Gasteiger partial charge in [0.25, 0.3) is 0 Å². The van der Waals surface area contributed by atoms with E-state index >= 15 is 0 Å². The van der Waals surface area contributed by atoms with E-state index in [1.54, 1.807) is 0 Å². The lowest BCUT2D eigenvalue weighted by Crippen LogP contribution is -2.46. The molecule has 0 saturated heterocycles. The smallest absolute Gasteiger partial charge is 0.330 e. The van der Waals surface area contributed by atoms with E-state index in [1.165, 1.54) is 54.6 Å². The van der Waals surface area contributed by atoms with Crippen molar-refractivity contribution in [2.24, 2.45) is 0 Å². The third-order valence-corrected chi connectivity index (χ3v) is 4.77. The first-order chi connectivity index (χ1) is 13.3. The highest BCUT2D eigenvalue weighted by atomic mass is 79.9. The molecule has 0 radical (unpaired) electrons. The zero-order chi connectivity index (χ0) is 20.6. The van der Waals surface area contributed by atoms with Crippen LogP contribution in [-0.4, -0.2) is 42.0 Å². The minimum absolute atomic E-state index is 0.0815. The average Bonchev–Trinajstić information content (AvgIpc) is 2.64. The number of quaternary nitrogens is 1. The molecule has 2 rings (SSSR count). The Kier molecular flexibility index (Phi) is 8.25. The second kappa shape index (κ2) is 10.4. The second-order valence-electron chi connectivity index (χ2n) is 6.18. The number of rotatable bonds is 9. The average molecular weight is 456 g/mol. The van der Waals surface area contributed by atoms with Gasteiger partial charge >= 0.3 is 5.97 Å². The molecule has 2 aromatic rings. The van der Waals surface area contributed by atoms with Gasteiger partial charge in [0.1, 0.15) is 37.9 Å². The fourth-order valence-electron chi connectivity index (χ4n) is 2.53. The van der Waals surface area contributed by atoms with E-state index in [9.17, 15) is 23.9 Å². The van der Waals surface area contributed by atoms with E-state index in [4.69, 9.17) is 4.74 Å². The Morgan fingerprint density at radius 1 is 1.14 bits per heavy atom. The van der Waals surface area contributed by atoms with Gasteiger partial charge in [-0.2, -0.15) is 0 Å². The first-order valence-corrected chi connectivity index (χ1v) is 9.33. The number of esters is 1. The molecule has 5 nitrogen and oxygen atoms in total. The molecule has 28 heavy (non-hydrogen) atoms. The van der Waals surface area contributed by atoms with E-state index in [1.807, 2.05) is 0 Å². The van der Waals surface area contributed by atoms with Gasteiger partial charge in [0.05, 0.1) is 6.61 Å². The topological polar surface area (TPSA) is 69.6 Å². The van der Waals surface area contributed by atoms with Crippen molar-refractivity contribution in [2.75, 3.05) is 26.3 Å². The molecule has 0 spiro atoms. The van der Waals surface area contributed by atoms with Gasteiger partial charge in [-0.15, -0.1) is 0 Å². The molecule has 0 unspecified atom stereocenters. The molecule has 0 aromatic heterocycles. The maximum Gasteiger partial charge on any atom is 0.330 e. The lowest BCUT2D eigenvalue weighted by Gasteiger charge is -2.42. The van der Waals surface area contributed by atoms with Gasteiger partial charge in [-0.25, -0.2) is 13.6 Å². The predicted molar refractivity (Wildman–Crippen MR) is 105 cm³/mol. The summed E-state index contributed by atoms with van der Waals surface area (Å²) < 4.78 is 31.0. The highest BCUT2D eigenvalue weighted by Gasteiger charge is 2.20. The summed E-state index contributed by atoms with van der Waals surface area (Å²) in [6.45, 7) is -0.814. The van der Waals surface area contributed by atoms with Crippen LogP contribution in [0.1, 0.15) is 11.1 Å². The van der Waals surface area contributed by atoms with E-state index in [2.05, 4.69) is 15.9 Å². The summed E-state index contributed by atoms with van der Waals surface area (Å²) in [7, 11) is 0.